The Labute approximate surface area is 163 Å². The zero-order chi connectivity index (χ0) is 18.9. The molecule has 0 saturated carbocycles. The SMILES string of the molecule is CCCCCCCc1ccc(C(=O)Nc2nnc(-c3ccncc3)s2)cc1. The first kappa shape index (κ1) is 19.2. The van der Waals surface area contributed by atoms with Gasteiger partial charge in [0.15, 0.2) is 0 Å². The van der Waals surface area contributed by atoms with Gasteiger partial charge in [-0.25, -0.2) is 0 Å². The van der Waals surface area contributed by atoms with Crippen LogP contribution in [0.4, 0.5) is 5.13 Å². The van der Waals surface area contributed by atoms with E-state index in [0.29, 0.717) is 10.7 Å². The van der Waals surface area contributed by atoms with Gasteiger partial charge in [-0.1, -0.05) is 56.1 Å². The fraction of sp³-hybridized carbons (Fsp3) is 0.333. The molecule has 0 spiro atoms. The Kier molecular flexibility index (Phi) is 7.04. The van der Waals surface area contributed by atoms with Crippen LogP contribution in [0.5, 0.6) is 0 Å². The van der Waals surface area contributed by atoms with Crippen molar-refractivity contribution in [2.24, 2.45) is 0 Å². The molecular formula is C21H24N4OS. The standard InChI is InChI=1S/C21H24N4OS/c1-2-3-4-5-6-7-16-8-10-17(11-9-16)19(26)23-21-25-24-20(27-21)18-12-14-22-15-13-18/h8-15H,2-7H2,1H3,(H,23,25,26). The van der Waals surface area contributed by atoms with Gasteiger partial charge in [-0.3, -0.25) is 15.1 Å². The Balaban J connectivity index is 1.53. The molecule has 0 radical (unpaired) electrons. The third-order valence-electron chi connectivity index (χ3n) is 4.36. The summed E-state index contributed by atoms with van der Waals surface area (Å²) >= 11 is 1.35. The molecule has 0 aliphatic rings. The minimum absolute atomic E-state index is 0.165. The third-order valence-corrected chi connectivity index (χ3v) is 5.25. The Bertz CT molecular complexity index is 846. The van der Waals surface area contributed by atoms with Gasteiger partial charge in [0.25, 0.3) is 5.91 Å². The first-order valence-corrected chi connectivity index (χ1v) is 10.2. The second kappa shape index (κ2) is 9.92. The van der Waals surface area contributed by atoms with E-state index in [1.54, 1.807) is 12.4 Å². The maximum atomic E-state index is 12.4. The second-order valence-electron chi connectivity index (χ2n) is 6.46. The molecule has 0 fully saturated rings. The molecule has 1 aromatic carbocycles. The summed E-state index contributed by atoms with van der Waals surface area (Å²) < 4.78 is 0. The summed E-state index contributed by atoms with van der Waals surface area (Å²) in [5.74, 6) is -0.165. The average molecular weight is 381 g/mol. The number of nitrogens with zero attached hydrogens (tertiary/aromatic N) is 3. The summed E-state index contributed by atoms with van der Waals surface area (Å²) in [6, 6.07) is 11.6. The van der Waals surface area contributed by atoms with E-state index >= 15 is 0 Å². The lowest BCUT2D eigenvalue weighted by atomic mass is 10.0. The van der Waals surface area contributed by atoms with Crippen molar-refractivity contribution in [3.8, 4) is 10.6 Å². The van der Waals surface area contributed by atoms with E-state index in [4.69, 9.17) is 0 Å². The maximum absolute atomic E-state index is 12.4. The lowest BCUT2D eigenvalue weighted by Crippen LogP contribution is -2.11. The molecule has 5 nitrogen and oxygen atoms in total. The van der Waals surface area contributed by atoms with E-state index in [0.717, 1.165) is 17.0 Å². The number of hydrogen-bond acceptors (Lipinski definition) is 5. The molecule has 2 aromatic heterocycles. The zero-order valence-electron chi connectivity index (χ0n) is 15.5. The molecule has 0 aliphatic heterocycles. The van der Waals surface area contributed by atoms with Gasteiger partial charge >= 0.3 is 0 Å². The maximum Gasteiger partial charge on any atom is 0.257 e. The molecule has 2 heterocycles. The Morgan fingerprint density at radius 1 is 0.963 bits per heavy atom. The Hall–Kier alpha value is -2.60. The summed E-state index contributed by atoms with van der Waals surface area (Å²) in [5.41, 5.74) is 2.84. The number of aromatic nitrogens is 3. The van der Waals surface area contributed by atoms with Crippen molar-refractivity contribution in [3.63, 3.8) is 0 Å². The van der Waals surface area contributed by atoms with Crippen LogP contribution in [0.1, 0.15) is 54.9 Å². The molecule has 0 saturated heterocycles. The summed E-state index contributed by atoms with van der Waals surface area (Å²) in [4.78, 5) is 16.4. The fourth-order valence-corrected chi connectivity index (χ4v) is 3.55. The number of pyridine rings is 1. The van der Waals surface area contributed by atoms with Crippen LogP contribution in [0.3, 0.4) is 0 Å². The second-order valence-corrected chi connectivity index (χ2v) is 7.44. The van der Waals surface area contributed by atoms with Crippen LogP contribution in [0.15, 0.2) is 48.8 Å². The lowest BCUT2D eigenvalue weighted by Gasteiger charge is -2.04. The van der Waals surface area contributed by atoms with Crippen molar-refractivity contribution in [2.45, 2.75) is 45.4 Å². The molecule has 140 valence electrons. The quantitative estimate of drug-likeness (QED) is 0.507. The largest absolute Gasteiger partial charge is 0.296 e. The number of rotatable bonds is 9. The van der Waals surface area contributed by atoms with E-state index < -0.39 is 0 Å². The van der Waals surface area contributed by atoms with Crippen molar-refractivity contribution in [3.05, 3.63) is 59.9 Å². The van der Waals surface area contributed by atoms with Gasteiger partial charge in [0.2, 0.25) is 5.13 Å². The van der Waals surface area contributed by atoms with Crippen LogP contribution in [-0.2, 0) is 6.42 Å². The van der Waals surface area contributed by atoms with Gasteiger partial charge in [0, 0.05) is 23.5 Å². The number of anilines is 1. The van der Waals surface area contributed by atoms with E-state index in [9.17, 15) is 4.79 Å². The molecule has 3 aromatic rings. The number of aryl methyl sites for hydroxylation is 1. The zero-order valence-corrected chi connectivity index (χ0v) is 16.3. The number of hydrogen-bond donors (Lipinski definition) is 1. The minimum atomic E-state index is -0.165. The molecule has 0 unspecified atom stereocenters. The fourth-order valence-electron chi connectivity index (χ4n) is 2.81. The summed E-state index contributed by atoms with van der Waals surface area (Å²) in [6.45, 7) is 2.23. The third kappa shape index (κ3) is 5.69. The molecule has 6 heteroatoms. The van der Waals surface area contributed by atoms with Crippen molar-refractivity contribution in [1.82, 2.24) is 15.2 Å². The molecule has 0 bridgehead atoms. The van der Waals surface area contributed by atoms with E-state index in [1.807, 2.05) is 36.4 Å². The smallest absolute Gasteiger partial charge is 0.257 e. The van der Waals surface area contributed by atoms with E-state index in [1.165, 1.54) is 49.0 Å². The number of benzene rings is 1. The predicted octanol–water partition coefficient (Wildman–Crippen LogP) is 5.37. The summed E-state index contributed by atoms with van der Waals surface area (Å²) in [5, 5.41) is 12.3. The highest BCUT2D eigenvalue weighted by Crippen LogP contribution is 2.25. The highest BCUT2D eigenvalue weighted by molar-refractivity contribution is 7.18. The van der Waals surface area contributed by atoms with Gasteiger partial charge in [0.1, 0.15) is 5.01 Å². The van der Waals surface area contributed by atoms with Crippen LogP contribution in [0.2, 0.25) is 0 Å². The molecule has 3 rings (SSSR count). The Morgan fingerprint density at radius 3 is 2.44 bits per heavy atom. The number of nitrogens with one attached hydrogen (secondary N) is 1. The van der Waals surface area contributed by atoms with Crippen LogP contribution in [0, 0.1) is 0 Å². The molecular weight excluding hydrogens is 356 g/mol. The summed E-state index contributed by atoms with van der Waals surface area (Å²) in [6.07, 6.45) is 10.8. The highest BCUT2D eigenvalue weighted by Gasteiger charge is 2.11. The van der Waals surface area contributed by atoms with Crippen molar-refractivity contribution in [2.75, 3.05) is 5.32 Å². The number of unbranched alkanes of at least 4 members (excludes halogenated alkanes) is 4. The topological polar surface area (TPSA) is 67.8 Å². The minimum Gasteiger partial charge on any atom is -0.296 e. The van der Waals surface area contributed by atoms with E-state index in [-0.39, 0.29) is 5.91 Å². The number of carbonyl (C=O) groups excluding carboxylic acids is 1. The lowest BCUT2D eigenvalue weighted by molar-refractivity contribution is 0.102. The van der Waals surface area contributed by atoms with Crippen molar-refractivity contribution < 1.29 is 4.79 Å². The molecule has 0 aliphatic carbocycles. The number of amides is 1. The van der Waals surface area contributed by atoms with Crippen molar-refractivity contribution in [1.29, 1.82) is 0 Å². The van der Waals surface area contributed by atoms with Crippen LogP contribution in [0.25, 0.3) is 10.6 Å². The van der Waals surface area contributed by atoms with Gasteiger partial charge in [-0.05, 0) is 42.7 Å². The summed E-state index contributed by atoms with van der Waals surface area (Å²) in [7, 11) is 0. The highest BCUT2D eigenvalue weighted by atomic mass is 32.1. The molecule has 0 atom stereocenters. The van der Waals surface area contributed by atoms with Crippen molar-refractivity contribution >= 4 is 22.4 Å². The van der Waals surface area contributed by atoms with Gasteiger partial charge in [-0.2, -0.15) is 0 Å². The first-order valence-electron chi connectivity index (χ1n) is 9.40. The predicted molar refractivity (Wildman–Crippen MR) is 110 cm³/mol. The Morgan fingerprint density at radius 2 is 1.70 bits per heavy atom. The molecule has 1 N–H and O–H groups in total. The van der Waals surface area contributed by atoms with Crippen LogP contribution >= 0.6 is 11.3 Å². The van der Waals surface area contributed by atoms with Crippen LogP contribution in [-0.4, -0.2) is 21.1 Å². The van der Waals surface area contributed by atoms with Gasteiger partial charge in [0.05, 0.1) is 0 Å². The van der Waals surface area contributed by atoms with E-state index in [2.05, 4.69) is 27.4 Å². The molecule has 1 amide bonds. The first-order chi connectivity index (χ1) is 13.3. The van der Waals surface area contributed by atoms with Gasteiger partial charge in [-0.15, -0.1) is 10.2 Å². The number of carbonyl (C=O) groups is 1. The van der Waals surface area contributed by atoms with Crippen LogP contribution < -0.4 is 5.32 Å². The van der Waals surface area contributed by atoms with Gasteiger partial charge < -0.3 is 0 Å². The normalized spacial score (nSPS) is 10.7. The molecule has 27 heavy (non-hydrogen) atoms. The monoisotopic (exact) mass is 380 g/mol. The average Bonchev–Trinajstić information content (AvgIpc) is 3.17.